The van der Waals surface area contributed by atoms with E-state index in [1.165, 1.54) is 16.8 Å². The Hall–Kier alpha value is -1.82. The van der Waals surface area contributed by atoms with Crippen LogP contribution < -0.4 is 5.32 Å². The van der Waals surface area contributed by atoms with Gasteiger partial charge in [-0.3, -0.25) is 0 Å². The SMILES string of the molecule is CCNCc1cn(Cc2ccc(F)cc2F)nn1. The van der Waals surface area contributed by atoms with Crippen molar-refractivity contribution in [2.24, 2.45) is 0 Å². The minimum Gasteiger partial charge on any atom is -0.311 e. The predicted octanol–water partition coefficient (Wildman–Crippen LogP) is 1.71. The van der Waals surface area contributed by atoms with Crippen LogP contribution in [0.25, 0.3) is 0 Å². The zero-order chi connectivity index (χ0) is 13.0. The molecule has 0 atom stereocenters. The second-order valence-electron chi connectivity index (χ2n) is 3.92. The molecule has 1 aromatic heterocycles. The van der Waals surface area contributed by atoms with Crippen LogP contribution in [-0.4, -0.2) is 21.5 Å². The highest BCUT2D eigenvalue weighted by Gasteiger charge is 2.06. The third-order valence-corrected chi connectivity index (χ3v) is 2.49. The maximum absolute atomic E-state index is 13.4. The van der Waals surface area contributed by atoms with Gasteiger partial charge in [0.25, 0.3) is 0 Å². The minimum absolute atomic E-state index is 0.241. The second kappa shape index (κ2) is 5.68. The van der Waals surface area contributed by atoms with Crippen molar-refractivity contribution in [2.45, 2.75) is 20.0 Å². The van der Waals surface area contributed by atoms with Gasteiger partial charge in [0.05, 0.1) is 18.4 Å². The van der Waals surface area contributed by atoms with E-state index in [1.54, 1.807) is 6.20 Å². The molecule has 0 radical (unpaired) electrons. The van der Waals surface area contributed by atoms with E-state index in [0.29, 0.717) is 12.1 Å². The van der Waals surface area contributed by atoms with Crippen molar-refractivity contribution >= 4 is 0 Å². The van der Waals surface area contributed by atoms with Crippen LogP contribution in [0, 0.1) is 11.6 Å². The molecule has 0 spiro atoms. The fourth-order valence-electron chi connectivity index (χ4n) is 1.57. The first-order valence-corrected chi connectivity index (χ1v) is 5.72. The summed E-state index contributed by atoms with van der Waals surface area (Å²) in [7, 11) is 0. The number of hydrogen-bond acceptors (Lipinski definition) is 3. The number of nitrogens with one attached hydrogen (secondary N) is 1. The van der Waals surface area contributed by atoms with E-state index in [2.05, 4.69) is 15.6 Å². The third kappa shape index (κ3) is 3.10. The van der Waals surface area contributed by atoms with Gasteiger partial charge in [-0.05, 0) is 12.6 Å². The van der Waals surface area contributed by atoms with Crippen LogP contribution in [0.15, 0.2) is 24.4 Å². The van der Waals surface area contributed by atoms with Crippen molar-refractivity contribution in [3.05, 3.63) is 47.3 Å². The summed E-state index contributed by atoms with van der Waals surface area (Å²) in [4.78, 5) is 0. The Morgan fingerprint density at radius 1 is 1.33 bits per heavy atom. The standard InChI is InChI=1S/C12H14F2N4/c1-2-15-6-11-8-18(17-16-11)7-9-3-4-10(13)5-12(9)14/h3-5,8,15H,2,6-7H2,1H3. The van der Waals surface area contributed by atoms with Crippen LogP contribution in [0.4, 0.5) is 8.78 Å². The Morgan fingerprint density at radius 2 is 2.17 bits per heavy atom. The topological polar surface area (TPSA) is 42.7 Å². The van der Waals surface area contributed by atoms with Crippen molar-refractivity contribution in [1.82, 2.24) is 20.3 Å². The Morgan fingerprint density at radius 3 is 2.89 bits per heavy atom. The smallest absolute Gasteiger partial charge is 0.131 e. The molecule has 1 heterocycles. The van der Waals surface area contributed by atoms with Crippen LogP contribution in [0.1, 0.15) is 18.2 Å². The predicted molar refractivity (Wildman–Crippen MR) is 62.9 cm³/mol. The molecule has 1 N–H and O–H groups in total. The van der Waals surface area contributed by atoms with Gasteiger partial charge in [0.15, 0.2) is 0 Å². The van der Waals surface area contributed by atoms with E-state index in [0.717, 1.165) is 18.3 Å². The molecule has 18 heavy (non-hydrogen) atoms. The molecule has 0 aliphatic heterocycles. The van der Waals surface area contributed by atoms with Crippen LogP contribution in [0.2, 0.25) is 0 Å². The number of rotatable bonds is 5. The van der Waals surface area contributed by atoms with E-state index in [4.69, 9.17) is 0 Å². The lowest BCUT2D eigenvalue weighted by Gasteiger charge is -2.02. The molecule has 2 aromatic rings. The lowest BCUT2D eigenvalue weighted by Crippen LogP contribution is -2.11. The van der Waals surface area contributed by atoms with Crippen molar-refractivity contribution in [2.75, 3.05) is 6.54 Å². The summed E-state index contributed by atoms with van der Waals surface area (Å²) in [5.74, 6) is -1.15. The van der Waals surface area contributed by atoms with Gasteiger partial charge in [-0.2, -0.15) is 0 Å². The fraction of sp³-hybridized carbons (Fsp3) is 0.333. The molecule has 6 heteroatoms. The summed E-state index contributed by atoms with van der Waals surface area (Å²) >= 11 is 0. The van der Waals surface area contributed by atoms with Crippen molar-refractivity contribution in [3.63, 3.8) is 0 Å². The summed E-state index contributed by atoms with van der Waals surface area (Å²) in [6.07, 6.45) is 1.74. The third-order valence-electron chi connectivity index (χ3n) is 2.49. The van der Waals surface area contributed by atoms with Crippen LogP contribution in [-0.2, 0) is 13.1 Å². The molecule has 0 aliphatic carbocycles. The first-order valence-electron chi connectivity index (χ1n) is 5.72. The van der Waals surface area contributed by atoms with Gasteiger partial charge in [0, 0.05) is 18.2 Å². The Bertz CT molecular complexity index is 525. The molecule has 0 unspecified atom stereocenters. The van der Waals surface area contributed by atoms with Crippen molar-refractivity contribution < 1.29 is 8.78 Å². The molecule has 0 saturated carbocycles. The molecular formula is C12H14F2N4. The van der Waals surface area contributed by atoms with E-state index in [1.807, 2.05) is 6.92 Å². The number of nitrogens with zero attached hydrogens (tertiary/aromatic N) is 3. The Labute approximate surface area is 104 Å². The van der Waals surface area contributed by atoms with Gasteiger partial charge in [-0.1, -0.05) is 18.2 Å². The molecule has 0 saturated heterocycles. The molecule has 1 aromatic carbocycles. The fourth-order valence-corrected chi connectivity index (χ4v) is 1.57. The maximum Gasteiger partial charge on any atom is 0.131 e. The lowest BCUT2D eigenvalue weighted by atomic mass is 10.2. The first-order chi connectivity index (χ1) is 8.69. The van der Waals surface area contributed by atoms with E-state index < -0.39 is 11.6 Å². The maximum atomic E-state index is 13.4. The Kier molecular flexibility index (Phi) is 3.99. The highest BCUT2D eigenvalue weighted by atomic mass is 19.1. The highest BCUT2D eigenvalue weighted by Crippen LogP contribution is 2.10. The molecule has 96 valence electrons. The summed E-state index contributed by atoms with van der Waals surface area (Å²) in [5, 5.41) is 11.0. The molecule has 0 fully saturated rings. The molecule has 0 bridgehead atoms. The largest absolute Gasteiger partial charge is 0.311 e. The number of aromatic nitrogens is 3. The molecular weight excluding hydrogens is 238 g/mol. The number of benzene rings is 1. The highest BCUT2D eigenvalue weighted by molar-refractivity contribution is 5.18. The average molecular weight is 252 g/mol. The minimum atomic E-state index is -0.581. The summed E-state index contributed by atoms with van der Waals surface area (Å²) in [5.41, 5.74) is 1.18. The van der Waals surface area contributed by atoms with E-state index in [-0.39, 0.29) is 6.54 Å². The van der Waals surface area contributed by atoms with Crippen molar-refractivity contribution in [1.29, 1.82) is 0 Å². The van der Waals surface area contributed by atoms with Gasteiger partial charge in [-0.25, -0.2) is 13.5 Å². The lowest BCUT2D eigenvalue weighted by molar-refractivity contribution is 0.554. The zero-order valence-electron chi connectivity index (χ0n) is 10.0. The quantitative estimate of drug-likeness (QED) is 0.881. The van der Waals surface area contributed by atoms with Crippen molar-refractivity contribution in [3.8, 4) is 0 Å². The van der Waals surface area contributed by atoms with E-state index >= 15 is 0 Å². The summed E-state index contributed by atoms with van der Waals surface area (Å²) in [6.45, 7) is 3.71. The monoisotopic (exact) mass is 252 g/mol. The van der Waals surface area contributed by atoms with E-state index in [9.17, 15) is 8.78 Å². The normalized spacial score (nSPS) is 10.8. The van der Waals surface area contributed by atoms with Gasteiger partial charge in [0.2, 0.25) is 0 Å². The molecule has 2 rings (SSSR count). The summed E-state index contributed by atoms with van der Waals surface area (Å²) in [6, 6.07) is 3.51. The summed E-state index contributed by atoms with van der Waals surface area (Å²) < 4.78 is 27.7. The van der Waals surface area contributed by atoms with Crippen LogP contribution in [0.5, 0.6) is 0 Å². The van der Waals surface area contributed by atoms with Crippen LogP contribution >= 0.6 is 0 Å². The molecule has 4 nitrogen and oxygen atoms in total. The van der Waals surface area contributed by atoms with Crippen LogP contribution in [0.3, 0.4) is 0 Å². The molecule has 0 amide bonds. The van der Waals surface area contributed by atoms with Gasteiger partial charge in [-0.15, -0.1) is 5.10 Å². The number of hydrogen-bond donors (Lipinski definition) is 1. The van der Waals surface area contributed by atoms with Gasteiger partial charge >= 0.3 is 0 Å². The second-order valence-corrected chi connectivity index (χ2v) is 3.92. The zero-order valence-corrected chi connectivity index (χ0v) is 10.0. The Balaban J connectivity index is 2.06. The molecule has 0 aliphatic rings. The first kappa shape index (κ1) is 12.6. The van der Waals surface area contributed by atoms with Gasteiger partial charge in [0.1, 0.15) is 11.6 Å². The number of halogens is 2. The average Bonchev–Trinajstić information content (AvgIpc) is 2.78. The van der Waals surface area contributed by atoms with Gasteiger partial charge < -0.3 is 5.32 Å².